The molecule has 2 aromatic rings. The summed E-state index contributed by atoms with van der Waals surface area (Å²) in [6, 6.07) is 11.5. The van der Waals surface area contributed by atoms with Gasteiger partial charge in [0.2, 0.25) is 0 Å². The highest BCUT2D eigenvalue weighted by Gasteiger charge is 2.56. The normalized spacial score (nSPS) is 17.7. The zero-order chi connectivity index (χ0) is 18.3. The Labute approximate surface area is 152 Å². The van der Waals surface area contributed by atoms with Crippen LogP contribution in [0.2, 0.25) is 0 Å². The Morgan fingerprint density at radius 3 is 2.50 bits per heavy atom. The average molecular weight is 355 g/mol. The first-order chi connectivity index (χ1) is 12.6. The molecule has 6 nitrogen and oxygen atoms in total. The Hall–Kier alpha value is -2.57. The molecule has 4 rings (SSSR count). The molecule has 0 unspecified atom stereocenters. The summed E-state index contributed by atoms with van der Waals surface area (Å²) in [5.41, 5.74) is 3.57. The summed E-state index contributed by atoms with van der Waals surface area (Å²) < 4.78 is 22.2. The summed E-state index contributed by atoms with van der Waals surface area (Å²) in [5, 5.41) is 0. The van der Waals surface area contributed by atoms with Crippen LogP contribution in [0.5, 0.6) is 11.5 Å². The highest BCUT2D eigenvalue weighted by molar-refractivity contribution is 6.06. The number of hydrogen-bond donors (Lipinski definition) is 0. The SMILES string of the molecule is COc1ccc(CN2C(=O)C3(OCCO3)c3cccc(C)c32)cc1OC. The summed E-state index contributed by atoms with van der Waals surface area (Å²) in [7, 11) is 3.19. The smallest absolute Gasteiger partial charge is 0.292 e. The molecule has 0 radical (unpaired) electrons. The third kappa shape index (κ3) is 2.37. The maximum absolute atomic E-state index is 13.2. The van der Waals surface area contributed by atoms with Crippen LogP contribution >= 0.6 is 0 Å². The van der Waals surface area contributed by atoms with Gasteiger partial charge < -0.3 is 23.8 Å². The second-order valence-corrected chi connectivity index (χ2v) is 6.37. The Morgan fingerprint density at radius 2 is 1.81 bits per heavy atom. The summed E-state index contributed by atoms with van der Waals surface area (Å²) in [6.07, 6.45) is 0. The number of carbonyl (C=O) groups excluding carboxylic acids is 1. The van der Waals surface area contributed by atoms with Gasteiger partial charge in [0.15, 0.2) is 11.5 Å². The number of nitrogens with zero attached hydrogens (tertiary/aromatic N) is 1. The monoisotopic (exact) mass is 355 g/mol. The molecule has 0 aliphatic carbocycles. The minimum absolute atomic E-state index is 0.186. The summed E-state index contributed by atoms with van der Waals surface area (Å²) in [4.78, 5) is 15.0. The third-order valence-electron chi connectivity index (χ3n) is 4.87. The maximum Gasteiger partial charge on any atom is 0.292 e. The molecular formula is C20H21NO5. The quantitative estimate of drug-likeness (QED) is 0.844. The molecule has 136 valence electrons. The Bertz CT molecular complexity index is 857. The second kappa shape index (κ2) is 6.30. The van der Waals surface area contributed by atoms with E-state index in [1.165, 1.54) is 0 Å². The van der Waals surface area contributed by atoms with Crippen LogP contribution in [0, 0.1) is 6.92 Å². The fourth-order valence-corrected chi connectivity index (χ4v) is 3.68. The van der Waals surface area contributed by atoms with E-state index in [0.717, 1.165) is 22.4 Å². The van der Waals surface area contributed by atoms with Crippen molar-refractivity contribution in [3.8, 4) is 11.5 Å². The Balaban J connectivity index is 1.75. The highest BCUT2D eigenvalue weighted by Crippen LogP contribution is 2.47. The van der Waals surface area contributed by atoms with Crippen molar-refractivity contribution < 1.29 is 23.7 Å². The first-order valence-corrected chi connectivity index (χ1v) is 8.51. The molecule has 2 aliphatic heterocycles. The zero-order valence-electron chi connectivity index (χ0n) is 15.1. The standard InChI is InChI=1S/C20H21NO5/c1-13-5-4-6-15-18(13)21(19(22)20(15)25-9-10-26-20)12-14-7-8-16(23-2)17(11-14)24-3/h4-8,11H,9-10,12H2,1-3H3. The van der Waals surface area contributed by atoms with Crippen LogP contribution < -0.4 is 14.4 Å². The van der Waals surface area contributed by atoms with Crippen molar-refractivity contribution in [3.05, 3.63) is 53.1 Å². The largest absolute Gasteiger partial charge is 0.493 e. The second-order valence-electron chi connectivity index (χ2n) is 6.37. The van der Waals surface area contributed by atoms with Crippen molar-refractivity contribution in [3.63, 3.8) is 0 Å². The van der Waals surface area contributed by atoms with Gasteiger partial charge in [-0.1, -0.05) is 24.3 Å². The molecule has 26 heavy (non-hydrogen) atoms. The van der Waals surface area contributed by atoms with Gasteiger partial charge in [0.05, 0.1) is 39.7 Å². The molecule has 0 bridgehead atoms. The van der Waals surface area contributed by atoms with E-state index in [-0.39, 0.29) is 5.91 Å². The van der Waals surface area contributed by atoms with Gasteiger partial charge in [-0.2, -0.15) is 0 Å². The predicted molar refractivity (Wildman–Crippen MR) is 95.5 cm³/mol. The van der Waals surface area contributed by atoms with Gasteiger partial charge in [0.1, 0.15) is 0 Å². The number of aryl methyl sites for hydroxylation is 1. The molecule has 0 saturated carbocycles. The van der Waals surface area contributed by atoms with Gasteiger partial charge in [-0.3, -0.25) is 4.79 Å². The van der Waals surface area contributed by atoms with Gasteiger partial charge in [-0.05, 0) is 30.2 Å². The first-order valence-electron chi connectivity index (χ1n) is 8.51. The molecular weight excluding hydrogens is 334 g/mol. The topological polar surface area (TPSA) is 57.2 Å². The van der Waals surface area contributed by atoms with Crippen LogP contribution in [-0.4, -0.2) is 33.3 Å². The van der Waals surface area contributed by atoms with Gasteiger partial charge in [0, 0.05) is 5.56 Å². The van der Waals surface area contributed by atoms with Crippen LogP contribution in [-0.2, 0) is 26.6 Å². The van der Waals surface area contributed by atoms with E-state index in [4.69, 9.17) is 18.9 Å². The van der Waals surface area contributed by atoms with Gasteiger partial charge in [0.25, 0.3) is 11.7 Å². The maximum atomic E-state index is 13.2. The minimum atomic E-state index is -1.31. The number of methoxy groups -OCH3 is 2. The van der Waals surface area contributed by atoms with Crippen LogP contribution in [0.4, 0.5) is 5.69 Å². The number of hydrogen-bond acceptors (Lipinski definition) is 5. The molecule has 1 amide bonds. The molecule has 2 heterocycles. The molecule has 1 fully saturated rings. The minimum Gasteiger partial charge on any atom is -0.493 e. The fraction of sp³-hybridized carbons (Fsp3) is 0.350. The van der Waals surface area contributed by atoms with Crippen LogP contribution in [0.1, 0.15) is 16.7 Å². The average Bonchev–Trinajstić information content (AvgIpc) is 3.23. The summed E-state index contributed by atoms with van der Waals surface area (Å²) in [5.74, 6) is -0.212. The van der Waals surface area contributed by atoms with Gasteiger partial charge in [-0.15, -0.1) is 0 Å². The number of ether oxygens (including phenoxy) is 4. The molecule has 6 heteroatoms. The van der Waals surface area contributed by atoms with E-state index in [2.05, 4.69) is 0 Å². The number of rotatable bonds is 4. The predicted octanol–water partition coefficient (Wildman–Crippen LogP) is 2.76. The van der Waals surface area contributed by atoms with E-state index in [9.17, 15) is 4.79 Å². The van der Waals surface area contributed by atoms with Gasteiger partial charge >= 0.3 is 0 Å². The van der Waals surface area contributed by atoms with Crippen molar-refractivity contribution in [2.75, 3.05) is 32.3 Å². The van der Waals surface area contributed by atoms with Crippen molar-refractivity contribution in [1.29, 1.82) is 0 Å². The molecule has 0 atom stereocenters. The number of benzene rings is 2. The number of carbonyl (C=O) groups is 1. The van der Waals surface area contributed by atoms with E-state index < -0.39 is 5.79 Å². The zero-order valence-corrected chi connectivity index (χ0v) is 15.1. The Kier molecular flexibility index (Phi) is 4.09. The summed E-state index contributed by atoms with van der Waals surface area (Å²) >= 11 is 0. The lowest BCUT2D eigenvalue weighted by Crippen LogP contribution is -2.40. The van der Waals surface area contributed by atoms with Crippen molar-refractivity contribution in [1.82, 2.24) is 0 Å². The Morgan fingerprint density at radius 1 is 1.08 bits per heavy atom. The summed E-state index contributed by atoms with van der Waals surface area (Å²) in [6.45, 7) is 3.19. The number of anilines is 1. The number of para-hydroxylation sites is 1. The molecule has 0 aromatic heterocycles. The fourth-order valence-electron chi connectivity index (χ4n) is 3.68. The molecule has 0 N–H and O–H groups in total. The van der Waals surface area contributed by atoms with Crippen LogP contribution in [0.3, 0.4) is 0 Å². The van der Waals surface area contributed by atoms with Crippen molar-refractivity contribution >= 4 is 11.6 Å². The molecule has 2 aliphatic rings. The first kappa shape index (κ1) is 16.9. The number of amides is 1. The van der Waals surface area contributed by atoms with Crippen LogP contribution in [0.25, 0.3) is 0 Å². The molecule has 1 saturated heterocycles. The number of fused-ring (bicyclic) bond motifs is 2. The van der Waals surface area contributed by atoms with E-state index in [1.54, 1.807) is 19.1 Å². The van der Waals surface area contributed by atoms with E-state index >= 15 is 0 Å². The lowest BCUT2D eigenvalue weighted by atomic mass is 10.0. The van der Waals surface area contributed by atoms with E-state index in [1.807, 2.05) is 43.3 Å². The third-order valence-corrected chi connectivity index (χ3v) is 4.87. The van der Waals surface area contributed by atoms with Crippen molar-refractivity contribution in [2.45, 2.75) is 19.3 Å². The highest BCUT2D eigenvalue weighted by atomic mass is 16.7. The van der Waals surface area contributed by atoms with Gasteiger partial charge in [-0.25, -0.2) is 0 Å². The lowest BCUT2D eigenvalue weighted by molar-refractivity contribution is -0.180. The lowest BCUT2D eigenvalue weighted by Gasteiger charge is -2.22. The van der Waals surface area contributed by atoms with Crippen LogP contribution in [0.15, 0.2) is 36.4 Å². The molecule has 2 aromatic carbocycles. The van der Waals surface area contributed by atoms with Crippen molar-refractivity contribution in [2.24, 2.45) is 0 Å². The molecule has 1 spiro atoms. The van der Waals surface area contributed by atoms with E-state index in [0.29, 0.717) is 31.3 Å².